The van der Waals surface area contributed by atoms with E-state index >= 15 is 0 Å². The fourth-order valence-corrected chi connectivity index (χ4v) is 3.57. The van der Waals surface area contributed by atoms with Crippen molar-refractivity contribution >= 4 is 11.8 Å². The number of amides is 2. The van der Waals surface area contributed by atoms with Gasteiger partial charge in [0, 0.05) is 12.1 Å². The van der Waals surface area contributed by atoms with Crippen molar-refractivity contribution in [1.82, 2.24) is 10.2 Å². The molecule has 1 atom stereocenters. The molecule has 2 aromatic carbocycles. The lowest BCUT2D eigenvalue weighted by Crippen LogP contribution is -2.53. The topological polar surface area (TPSA) is 49.4 Å². The zero-order valence-corrected chi connectivity index (χ0v) is 19.5. The van der Waals surface area contributed by atoms with Gasteiger partial charge < -0.3 is 10.2 Å². The third-order valence-corrected chi connectivity index (χ3v) is 5.25. The fraction of sp³-hybridized carbons (Fsp3) is 0.462. The van der Waals surface area contributed by atoms with Gasteiger partial charge in [0.05, 0.1) is 6.42 Å². The lowest BCUT2D eigenvalue weighted by Gasteiger charge is -2.33. The van der Waals surface area contributed by atoms with Crippen molar-refractivity contribution in [3.63, 3.8) is 0 Å². The Balaban J connectivity index is 2.33. The Morgan fingerprint density at radius 1 is 0.967 bits per heavy atom. The first-order valence-electron chi connectivity index (χ1n) is 10.7. The van der Waals surface area contributed by atoms with Crippen molar-refractivity contribution in [2.45, 2.75) is 79.4 Å². The molecule has 0 radical (unpaired) electrons. The normalized spacial score (nSPS) is 12.4. The van der Waals surface area contributed by atoms with E-state index in [1.807, 2.05) is 65.0 Å². The molecular formula is C26H36N2O2. The number of nitrogens with one attached hydrogen (secondary N) is 1. The Kier molecular flexibility index (Phi) is 7.83. The highest BCUT2D eigenvalue weighted by Crippen LogP contribution is 2.18. The maximum absolute atomic E-state index is 13.4. The number of aryl methyl sites for hydroxylation is 3. The number of benzene rings is 2. The molecular weight excluding hydrogens is 372 g/mol. The molecule has 2 aromatic rings. The molecule has 0 saturated heterocycles. The molecule has 0 aliphatic carbocycles. The van der Waals surface area contributed by atoms with Crippen molar-refractivity contribution in [2.24, 2.45) is 0 Å². The highest BCUT2D eigenvalue weighted by Gasteiger charge is 2.30. The molecule has 0 aliphatic rings. The molecule has 1 N–H and O–H groups in total. The van der Waals surface area contributed by atoms with Crippen molar-refractivity contribution in [3.05, 3.63) is 70.3 Å². The summed E-state index contributed by atoms with van der Waals surface area (Å²) in [5.74, 6) is -0.137. The Hall–Kier alpha value is -2.62. The van der Waals surface area contributed by atoms with Crippen molar-refractivity contribution in [1.29, 1.82) is 0 Å². The van der Waals surface area contributed by atoms with Crippen LogP contribution in [0.25, 0.3) is 0 Å². The summed E-state index contributed by atoms with van der Waals surface area (Å²) >= 11 is 0. The standard InChI is InChI=1S/C26H36N2O2/c1-8-23(25(30)27-26(5,6)7)28(17-22-11-9-10-18(2)14-22)24(29)16-21-13-12-19(3)20(4)15-21/h9-15,23H,8,16-17H2,1-7H3,(H,27,30)/t23-/m0/s1. The Morgan fingerprint density at radius 3 is 2.23 bits per heavy atom. The molecule has 0 unspecified atom stereocenters. The van der Waals surface area contributed by atoms with Crippen LogP contribution in [0.15, 0.2) is 42.5 Å². The van der Waals surface area contributed by atoms with Gasteiger partial charge in [-0.25, -0.2) is 0 Å². The van der Waals surface area contributed by atoms with Gasteiger partial charge >= 0.3 is 0 Å². The monoisotopic (exact) mass is 408 g/mol. The SMILES string of the molecule is CC[C@@H](C(=O)NC(C)(C)C)N(Cc1cccc(C)c1)C(=O)Cc1ccc(C)c(C)c1. The number of hydrogen-bond donors (Lipinski definition) is 1. The number of carbonyl (C=O) groups is 2. The summed E-state index contributed by atoms with van der Waals surface area (Å²) in [6.45, 7) is 14.4. The zero-order chi connectivity index (χ0) is 22.5. The van der Waals surface area contributed by atoms with Gasteiger partial charge in [-0.3, -0.25) is 9.59 Å². The molecule has 4 nitrogen and oxygen atoms in total. The molecule has 0 aliphatic heterocycles. The molecule has 2 amide bonds. The van der Waals surface area contributed by atoms with Crippen LogP contribution >= 0.6 is 0 Å². The van der Waals surface area contributed by atoms with Crippen LogP contribution in [0.5, 0.6) is 0 Å². The van der Waals surface area contributed by atoms with E-state index < -0.39 is 6.04 Å². The lowest BCUT2D eigenvalue weighted by atomic mass is 10.0. The van der Waals surface area contributed by atoms with Gasteiger partial charge in [0.15, 0.2) is 0 Å². The second-order valence-corrected chi connectivity index (χ2v) is 9.27. The number of nitrogens with zero attached hydrogens (tertiary/aromatic N) is 1. The number of hydrogen-bond acceptors (Lipinski definition) is 2. The second-order valence-electron chi connectivity index (χ2n) is 9.27. The van der Waals surface area contributed by atoms with Crippen molar-refractivity contribution < 1.29 is 9.59 Å². The predicted octanol–water partition coefficient (Wildman–Crippen LogP) is 4.88. The van der Waals surface area contributed by atoms with Gasteiger partial charge in [-0.05, 0) is 70.2 Å². The minimum Gasteiger partial charge on any atom is -0.350 e. The van der Waals surface area contributed by atoms with E-state index in [1.165, 1.54) is 11.1 Å². The first-order valence-corrected chi connectivity index (χ1v) is 10.7. The summed E-state index contributed by atoms with van der Waals surface area (Å²) in [6.07, 6.45) is 0.846. The summed E-state index contributed by atoms with van der Waals surface area (Å²) in [6, 6.07) is 13.7. The summed E-state index contributed by atoms with van der Waals surface area (Å²) in [5, 5.41) is 3.05. The maximum atomic E-state index is 13.4. The Bertz CT molecular complexity index is 896. The van der Waals surface area contributed by atoms with Gasteiger partial charge in [0.25, 0.3) is 0 Å². The molecule has 30 heavy (non-hydrogen) atoms. The van der Waals surface area contributed by atoms with E-state index in [0.29, 0.717) is 13.0 Å². The third-order valence-electron chi connectivity index (χ3n) is 5.25. The van der Waals surface area contributed by atoms with Gasteiger partial charge in [-0.15, -0.1) is 0 Å². The molecule has 4 heteroatoms. The quantitative estimate of drug-likeness (QED) is 0.710. The van der Waals surface area contributed by atoms with E-state index in [2.05, 4.69) is 31.3 Å². The molecule has 0 fully saturated rings. The average molecular weight is 409 g/mol. The number of rotatable bonds is 7. The molecule has 0 aromatic heterocycles. The van der Waals surface area contributed by atoms with Gasteiger partial charge in [0.1, 0.15) is 6.04 Å². The minimum atomic E-state index is -0.510. The molecule has 2 rings (SSSR count). The first-order chi connectivity index (χ1) is 14.0. The van der Waals surface area contributed by atoms with E-state index in [4.69, 9.17) is 0 Å². The highest BCUT2D eigenvalue weighted by atomic mass is 16.2. The zero-order valence-electron chi connectivity index (χ0n) is 19.5. The first kappa shape index (κ1) is 23.7. The van der Waals surface area contributed by atoms with Crippen LogP contribution in [0.1, 0.15) is 61.9 Å². The minimum absolute atomic E-state index is 0.0318. The second kappa shape index (κ2) is 9.92. The number of carbonyl (C=O) groups excluding carboxylic acids is 2. The van der Waals surface area contributed by atoms with E-state index in [9.17, 15) is 9.59 Å². The van der Waals surface area contributed by atoms with Crippen LogP contribution in [-0.4, -0.2) is 28.3 Å². The van der Waals surface area contributed by atoms with Crippen LogP contribution in [0.2, 0.25) is 0 Å². The average Bonchev–Trinajstić information content (AvgIpc) is 2.63. The van der Waals surface area contributed by atoms with E-state index in [1.54, 1.807) is 4.90 Å². The largest absolute Gasteiger partial charge is 0.350 e. The molecule has 0 bridgehead atoms. The molecule has 0 saturated carbocycles. The molecule has 0 spiro atoms. The van der Waals surface area contributed by atoms with Crippen LogP contribution in [0.4, 0.5) is 0 Å². The summed E-state index contributed by atoms with van der Waals surface area (Å²) < 4.78 is 0. The molecule has 162 valence electrons. The fourth-order valence-electron chi connectivity index (χ4n) is 3.57. The smallest absolute Gasteiger partial charge is 0.243 e. The molecule has 0 heterocycles. The van der Waals surface area contributed by atoms with Gasteiger partial charge in [-0.1, -0.05) is 55.0 Å². The maximum Gasteiger partial charge on any atom is 0.243 e. The summed E-state index contributed by atoms with van der Waals surface area (Å²) in [7, 11) is 0. The predicted molar refractivity (Wildman–Crippen MR) is 123 cm³/mol. The van der Waals surface area contributed by atoms with Crippen molar-refractivity contribution in [3.8, 4) is 0 Å². The van der Waals surface area contributed by atoms with Crippen LogP contribution in [0, 0.1) is 20.8 Å². The summed E-state index contributed by atoms with van der Waals surface area (Å²) in [4.78, 5) is 28.2. The van der Waals surface area contributed by atoms with E-state index in [0.717, 1.165) is 16.7 Å². The Morgan fingerprint density at radius 2 is 1.67 bits per heavy atom. The van der Waals surface area contributed by atoms with Crippen molar-refractivity contribution in [2.75, 3.05) is 0 Å². The van der Waals surface area contributed by atoms with Gasteiger partial charge in [0.2, 0.25) is 11.8 Å². The highest BCUT2D eigenvalue weighted by molar-refractivity contribution is 5.88. The lowest BCUT2D eigenvalue weighted by molar-refractivity contribution is -0.141. The van der Waals surface area contributed by atoms with Crippen LogP contribution in [0.3, 0.4) is 0 Å². The van der Waals surface area contributed by atoms with Crippen LogP contribution in [-0.2, 0) is 22.6 Å². The Labute approximate surface area is 181 Å². The van der Waals surface area contributed by atoms with Gasteiger partial charge in [-0.2, -0.15) is 0 Å². The third kappa shape index (κ3) is 6.72. The van der Waals surface area contributed by atoms with E-state index in [-0.39, 0.29) is 23.8 Å². The summed E-state index contributed by atoms with van der Waals surface area (Å²) in [5.41, 5.74) is 5.17. The van der Waals surface area contributed by atoms with Crippen LogP contribution < -0.4 is 5.32 Å².